The van der Waals surface area contributed by atoms with Crippen LogP contribution < -0.4 is 5.32 Å². The van der Waals surface area contributed by atoms with Gasteiger partial charge in [-0.1, -0.05) is 25.6 Å². The molecule has 2 heterocycles. The Hall–Kier alpha value is -0.220. The first-order valence-electron chi connectivity index (χ1n) is 6.70. The fourth-order valence-electron chi connectivity index (χ4n) is 2.40. The minimum atomic E-state index is 0.488. The van der Waals surface area contributed by atoms with Crippen molar-refractivity contribution in [1.29, 1.82) is 0 Å². The summed E-state index contributed by atoms with van der Waals surface area (Å²) >= 11 is 1.92. The van der Waals surface area contributed by atoms with Gasteiger partial charge in [0.1, 0.15) is 0 Å². The molecule has 0 radical (unpaired) electrons. The van der Waals surface area contributed by atoms with Crippen LogP contribution in [-0.2, 0) is 4.74 Å². The predicted octanol–water partition coefficient (Wildman–Crippen LogP) is 2.52. The average molecular weight is 256 g/mol. The van der Waals surface area contributed by atoms with Gasteiger partial charge in [-0.05, 0) is 25.7 Å². The number of amidine groups is 1. The quantitative estimate of drug-likeness (QED) is 0.839. The van der Waals surface area contributed by atoms with Crippen LogP contribution >= 0.6 is 11.8 Å². The van der Waals surface area contributed by atoms with Gasteiger partial charge in [-0.15, -0.1) is 0 Å². The maximum atomic E-state index is 5.43. The molecule has 0 spiro atoms. The van der Waals surface area contributed by atoms with Gasteiger partial charge < -0.3 is 10.1 Å². The monoisotopic (exact) mass is 256 g/mol. The zero-order chi connectivity index (χ0) is 12.3. The van der Waals surface area contributed by atoms with E-state index >= 15 is 0 Å². The Balaban J connectivity index is 1.73. The Bertz CT molecular complexity index is 275. The molecule has 98 valence electrons. The molecule has 2 aliphatic rings. The third-order valence-corrected chi connectivity index (χ3v) is 4.62. The zero-order valence-corrected chi connectivity index (χ0v) is 11.9. The molecule has 0 aromatic rings. The average Bonchev–Trinajstić information content (AvgIpc) is 2.87. The summed E-state index contributed by atoms with van der Waals surface area (Å²) in [5.41, 5.74) is 0. The lowest BCUT2D eigenvalue weighted by Gasteiger charge is -2.20. The molecule has 3 nitrogen and oxygen atoms in total. The molecule has 17 heavy (non-hydrogen) atoms. The van der Waals surface area contributed by atoms with E-state index < -0.39 is 0 Å². The van der Waals surface area contributed by atoms with Crippen LogP contribution in [0.4, 0.5) is 0 Å². The molecule has 2 rings (SSSR count). The summed E-state index contributed by atoms with van der Waals surface area (Å²) in [6.07, 6.45) is 2.45. The number of thioether (sulfide) groups is 1. The second-order valence-electron chi connectivity index (χ2n) is 5.57. The highest BCUT2D eigenvalue weighted by Gasteiger charge is 2.26. The molecule has 3 unspecified atom stereocenters. The molecule has 1 saturated heterocycles. The first-order chi connectivity index (χ1) is 8.15. The molecule has 0 amide bonds. The fraction of sp³-hybridized carbons (Fsp3) is 0.923. The normalized spacial score (nSPS) is 30.7. The van der Waals surface area contributed by atoms with E-state index in [1.807, 2.05) is 11.8 Å². The maximum Gasteiger partial charge on any atom is 0.157 e. The van der Waals surface area contributed by atoms with Crippen molar-refractivity contribution >= 4 is 16.9 Å². The van der Waals surface area contributed by atoms with Crippen molar-refractivity contribution in [1.82, 2.24) is 5.32 Å². The van der Waals surface area contributed by atoms with E-state index in [1.54, 1.807) is 0 Å². The first-order valence-corrected chi connectivity index (χ1v) is 7.58. The summed E-state index contributed by atoms with van der Waals surface area (Å²) in [7, 11) is 0. The van der Waals surface area contributed by atoms with Gasteiger partial charge in [0.25, 0.3) is 0 Å². The van der Waals surface area contributed by atoms with Crippen LogP contribution in [0.3, 0.4) is 0 Å². The van der Waals surface area contributed by atoms with Crippen LogP contribution in [0.5, 0.6) is 0 Å². The van der Waals surface area contributed by atoms with Crippen molar-refractivity contribution in [2.45, 2.75) is 44.9 Å². The molecule has 0 aromatic heterocycles. The SMILES string of the molecule is CC(C)CC1CN=C(NC(C)C2CCOC2)S1. The van der Waals surface area contributed by atoms with Crippen molar-refractivity contribution in [3.8, 4) is 0 Å². The highest BCUT2D eigenvalue weighted by molar-refractivity contribution is 8.14. The zero-order valence-electron chi connectivity index (χ0n) is 11.1. The molecule has 1 fully saturated rings. The molecule has 3 atom stereocenters. The van der Waals surface area contributed by atoms with Crippen molar-refractivity contribution < 1.29 is 4.74 Å². The minimum absolute atomic E-state index is 0.488. The molecule has 0 bridgehead atoms. The second kappa shape index (κ2) is 6.10. The van der Waals surface area contributed by atoms with Crippen LogP contribution in [-0.4, -0.2) is 36.2 Å². The van der Waals surface area contributed by atoms with E-state index in [0.717, 1.165) is 30.8 Å². The van der Waals surface area contributed by atoms with Gasteiger partial charge in [0.15, 0.2) is 5.17 Å². The Morgan fingerprint density at radius 1 is 1.47 bits per heavy atom. The van der Waals surface area contributed by atoms with Crippen molar-refractivity contribution in [2.75, 3.05) is 19.8 Å². The van der Waals surface area contributed by atoms with Gasteiger partial charge in [0, 0.05) is 23.8 Å². The highest BCUT2D eigenvalue weighted by Crippen LogP contribution is 2.26. The molecular weight excluding hydrogens is 232 g/mol. The predicted molar refractivity (Wildman–Crippen MR) is 74.7 cm³/mol. The smallest absolute Gasteiger partial charge is 0.157 e. The summed E-state index contributed by atoms with van der Waals surface area (Å²) < 4.78 is 5.43. The standard InChI is InChI=1S/C13H24N2OS/c1-9(2)6-12-7-14-13(17-12)15-10(3)11-4-5-16-8-11/h9-12H,4-8H2,1-3H3,(H,14,15). The Morgan fingerprint density at radius 2 is 2.29 bits per heavy atom. The Labute approximate surface area is 109 Å². The number of aliphatic imine (C=N–C) groups is 1. The number of nitrogens with zero attached hydrogens (tertiary/aromatic N) is 1. The number of hydrogen-bond acceptors (Lipinski definition) is 4. The molecule has 1 N–H and O–H groups in total. The van der Waals surface area contributed by atoms with E-state index in [9.17, 15) is 0 Å². The lowest BCUT2D eigenvalue weighted by atomic mass is 10.0. The van der Waals surface area contributed by atoms with Crippen LogP contribution in [0, 0.1) is 11.8 Å². The summed E-state index contributed by atoms with van der Waals surface area (Å²) in [4.78, 5) is 4.61. The summed E-state index contributed by atoms with van der Waals surface area (Å²) in [5, 5.41) is 5.39. The highest BCUT2D eigenvalue weighted by atomic mass is 32.2. The Kier molecular flexibility index (Phi) is 4.74. The molecular formula is C13H24N2OS. The Morgan fingerprint density at radius 3 is 2.94 bits per heavy atom. The van der Waals surface area contributed by atoms with Gasteiger partial charge >= 0.3 is 0 Å². The minimum Gasteiger partial charge on any atom is -0.381 e. The van der Waals surface area contributed by atoms with Crippen LogP contribution in [0.2, 0.25) is 0 Å². The number of ether oxygens (including phenoxy) is 1. The number of nitrogens with one attached hydrogen (secondary N) is 1. The van der Waals surface area contributed by atoms with E-state index in [1.165, 1.54) is 12.8 Å². The van der Waals surface area contributed by atoms with Crippen molar-refractivity contribution in [2.24, 2.45) is 16.8 Å². The van der Waals surface area contributed by atoms with Gasteiger partial charge in [-0.2, -0.15) is 0 Å². The molecule has 2 aliphatic heterocycles. The van der Waals surface area contributed by atoms with Crippen LogP contribution in [0.25, 0.3) is 0 Å². The third-order valence-electron chi connectivity index (χ3n) is 3.47. The van der Waals surface area contributed by atoms with Gasteiger partial charge in [-0.3, -0.25) is 4.99 Å². The summed E-state index contributed by atoms with van der Waals surface area (Å²) in [6.45, 7) is 9.63. The lowest BCUT2D eigenvalue weighted by Crippen LogP contribution is -2.36. The van der Waals surface area contributed by atoms with E-state index in [0.29, 0.717) is 17.2 Å². The largest absolute Gasteiger partial charge is 0.381 e. The van der Waals surface area contributed by atoms with E-state index in [2.05, 4.69) is 31.1 Å². The number of hydrogen-bond donors (Lipinski definition) is 1. The number of rotatable bonds is 4. The lowest BCUT2D eigenvalue weighted by molar-refractivity contribution is 0.180. The second-order valence-corrected chi connectivity index (χ2v) is 6.86. The fourth-order valence-corrected chi connectivity index (χ4v) is 3.75. The van der Waals surface area contributed by atoms with Crippen molar-refractivity contribution in [3.05, 3.63) is 0 Å². The van der Waals surface area contributed by atoms with Crippen molar-refractivity contribution in [3.63, 3.8) is 0 Å². The topological polar surface area (TPSA) is 33.6 Å². The summed E-state index contributed by atoms with van der Waals surface area (Å²) in [6, 6.07) is 0.488. The van der Waals surface area contributed by atoms with Gasteiger partial charge in [0.05, 0.1) is 13.2 Å². The molecule has 0 saturated carbocycles. The maximum absolute atomic E-state index is 5.43. The third kappa shape index (κ3) is 3.88. The van der Waals surface area contributed by atoms with E-state index in [4.69, 9.17) is 4.74 Å². The van der Waals surface area contributed by atoms with Gasteiger partial charge in [-0.25, -0.2) is 0 Å². The van der Waals surface area contributed by atoms with Gasteiger partial charge in [0.2, 0.25) is 0 Å². The molecule has 0 aromatic carbocycles. The molecule has 0 aliphatic carbocycles. The molecule has 4 heteroatoms. The van der Waals surface area contributed by atoms with Crippen LogP contribution in [0.1, 0.15) is 33.6 Å². The summed E-state index contributed by atoms with van der Waals surface area (Å²) in [5.74, 6) is 1.42. The van der Waals surface area contributed by atoms with Crippen LogP contribution in [0.15, 0.2) is 4.99 Å². The first kappa shape index (κ1) is 13.2. The van der Waals surface area contributed by atoms with E-state index in [-0.39, 0.29) is 0 Å².